The highest BCUT2D eigenvalue weighted by Crippen LogP contribution is 2.22. The van der Waals surface area contributed by atoms with Crippen molar-refractivity contribution in [3.8, 4) is 5.75 Å². The Kier molecular flexibility index (Phi) is 6.29. The smallest absolute Gasteiger partial charge is 0.411 e. The van der Waals surface area contributed by atoms with Crippen LogP contribution in [0.1, 0.15) is 30.5 Å². The van der Waals surface area contributed by atoms with Gasteiger partial charge in [0.1, 0.15) is 12.4 Å². The fourth-order valence-corrected chi connectivity index (χ4v) is 1.65. The molecule has 0 bridgehead atoms. The molecule has 0 aromatic heterocycles. The van der Waals surface area contributed by atoms with E-state index in [0.717, 1.165) is 11.1 Å². The molecule has 0 amide bonds. The first kappa shape index (κ1) is 16.8. The van der Waals surface area contributed by atoms with Crippen molar-refractivity contribution in [2.45, 2.75) is 32.5 Å². The summed E-state index contributed by atoms with van der Waals surface area (Å²) in [6.45, 7) is 2.93. The summed E-state index contributed by atoms with van der Waals surface area (Å²) in [7, 11) is 0. The van der Waals surface area contributed by atoms with Gasteiger partial charge in [-0.25, -0.2) is 0 Å². The Morgan fingerprint density at radius 2 is 1.95 bits per heavy atom. The molecule has 0 saturated heterocycles. The van der Waals surface area contributed by atoms with Gasteiger partial charge in [0.15, 0.2) is 0 Å². The van der Waals surface area contributed by atoms with E-state index in [0.29, 0.717) is 18.8 Å². The quantitative estimate of drug-likeness (QED) is 0.783. The Bertz CT molecular complexity index is 419. The van der Waals surface area contributed by atoms with E-state index in [2.05, 4.69) is 4.74 Å². The van der Waals surface area contributed by atoms with Crippen molar-refractivity contribution in [3.05, 3.63) is 29.3 Å². The average Bonchev–Trinajstić information content (AvgIpc) is 2.33. The molecule has 0 heterocycles. The second kappa shape index (κ2) is 7.50. The number of hydrogen-bond donors (Lipinski definition) is 1. The SMILES string of the molecule is Cc1cc(C(C)N)ccc1OCCCOCC(F)(F)F. The van der Waals surface area contributed by atoms with Gasteiger partial charge in [0.05, 0.1) is 13.2 Å². The normalized spacial score (nSPS) is 13.3. The van der Waals surface area contributed by atoms with Crippen LogP contribution in [0, 0.1) is 6.92 Å². The van der Waals surface area contributed by atoms with Crippen molar-refractivity contribution in [1.82, 2.24) is 0 Å². The van der Waals surface area contributed by atoms with Crippen LogP contribution < -0.4 is 10.5 Å². The molecule has 0 fully saturated rings. The average molecular weight is 291 g/mol. The van der Waals surface area contributed by atoms with E-state index in [-0.39, 0.29) is 12.6 Å². The zero-order chi connectivity index (χ0) is 15.2. The maximum atomic E-state index is 11.8. The predicted molar refractivity (Wildman–Crippen MR) is 70.8 cm³/mol. The molecule has 114 valence electrons. The van der Waals surface area contributed by atoms with Crippen LogP contribution >= 0.6 is 0 Å². The molecule has 1 rings (SSSR count). The van der Waals surface area contributed by atoms with Gasteiger partial charge in [-0.05, 0) is 31.0 Å². The molecule has 0 spiro atoms. The number of benzene rings is 1. The Balaban J connectivity index is 2.29. The standard InChI is InChI=1S/C14H20F3NO2/c1-10-8-12(11(2)18)4-5-13(10)20-7-3-6-19-9-14(15,16)17/h4-5,8,11H,3,6-7,9,18H2,1-2H3. The molecule has 0 aliphatic rings. The third kappa shape index (κ3) is 6.25. The summed E-state index contributed by atoms with van der Waals surface area (Å²) >= 11 is 0. The molecule has 0 aliphatic heterocycles. The molecule has 20 heavy (non-hydrogen) atoms. The van der Waals surface area contributed by atoms with Crippen LogP contribution in [0.2, 0.25) is 0 Å². The highest BCUT2D eigenvalue weighted by atomic mass is 19.4. The second-order valence-corrected chi connectivity index (χ2v) is 4.68. The van der Waals surface area contributed by atoms with E-state index < -0.39 is 12.8 Å². The van der Waals surface area contributed by atoms with E-state index in [1.165, 1.54) is 0 Å². The van der Waals surface area contributed by atoms with Crippen LogP contribution in [0.15, 0.2) is 18.2 Å². The van der Waals surface area contributed by atoms with E-state index in [1.54, 1.807) is 0 Å². The van der Waals surface area contributed by atoms with Crippen molar-refractivity contribution in [2.24, 2.45) is 5.73 Å². The molecule has 0 aliphatic carbocycles. The third-order valence-corrected chi connectivity index (χ3v) is 2.68. The molecule has 3 nitrogen and oxygen atoms in total. The largest absolute Gasteiger partial charge is 0.493 e. The number of hydrogen-bond acceptors (Lipinski definition) is 3. The summed E-state index contributed by atoms with van der Waals surface area (Å²) in [6.07, 6.45) is -3.86. The van der Waals surface area contributed by atoms with Gasteiger partial charge in [0.2, 0.25) is 0 Å². The molecule has 1 unspecified atom stereocenters. The van der Waals surface area contributed by atoms with Crippen LogP contribution in [-0.2, 0) is 4.74 Å². The molecule has 0 radical (unpaired) electrons. The first-order valence-electron chi connectivity index (χ1n) is 6.43. The summed E-state index contributed by atoms with van der Waals surface area (Å²) in [5.74, 6) is 0.713. The Morgan fingerprint density at radius 3 is 2.50 bits per heavy atom. The summed E-state index contributed by atoms with van der Waals surface area (Å²) in [6, 6.07) is 5.61. The van der Waals surface area contributed by atoms with Crippen LogP contribution in [0.3, 0.4) is 0 Å². The summed E-state index contributed by atoms with van der Waals surface area (Å²) in [4.78, 5) is 0. The van der Waals surface area contributed by atoms with Crippen molar-refractivity contribution < 1.29 is 22.6 Å². The molecule has 1 aromatic rings. The first-order chi connectivity index (χ1) is 9.29. The van der Waals surface area contributed by atoms with Gasteiger partial charge in [-0.2, -0.15) is 13.2 Å². The maximum absolute atomic E-state index is 11.8. The van der Waals surface area contributed by atoms with E-state index in [1.807, 2.05) is 32.0 Å². The zero-order valence-electron chi connectivity index (χ0n) is 11.7. The Hall–Kier alpha value is -1.27. The molecule has 6 heteroatoms. The van der Waals surface area contributed by atoms with Crippen LogP contribution in [-0.4, -0.2) is 26.0 Å². The minimum atomic E-state index is -4.27. The second-order valence-electron chi connectivity index (χ2n) is 4.68. The van der Waals surface area contributed by atoms with E-state index >= 15 is 0 Å². The third-order valence-electron chi connectivity index (χ3n) is 2.68. The first-order valence-corrected chi connectivity index (χ1v) is 6.43. The van der Waals surface area contributed by atoms with Gasteiger partial charge in [-0.1, -0.05) is 12.1 Å². The number of halogens is 3. The van der Waals surface area contributed by atoms with Crippen LogP contribution in [0.25, 0.3) is 0 Å². The predicted octanol–water partition coefficient (Wildman–Crippen LogP) is 3.36. The Labute approximate surface area is 116 Å². The summed E-state index contributed by atoms with van der Waals surface area (Å²) in [5.41, 5.74) is 7.75. The fraction of sp³-hybridized carbons (Fsp3) is 0.571. The molecule has 1 atom stereocenters. The molecule has 2 N–H and O–H groups in total. The van der Waals surface area contributed by atoms with Gasteiger partial charge in [-0.15, -0.1) is 0 Å². The number of nitrogens with two attached hydrogens (primary N) is 1. The minimum Gasteiger partial charge on any atom is -0.493 e. The lowest BCUT2D eigenvalue weighted by Gasteiger charge is -2.12. The Morgan fingerprint density at radius 1 is 1.25 bits per heavy atom. The number of rotatable bonds is 7. The van der Waals surface area contributed by atoms with Gasteiger partial charge in [0.25, 0.3) is 0 Å². The molecular weight excluding hydrogens is 271 g/mol. The topological polar surface area (TPSA) is 44.5 Å². The number of aryl methyl sites for hydroxylation is 1. The highest BCUT2D eigenvalue weighted by molar-refractivity contribution is 5.37. The van der Waals surface area contributed by atoms with Gasteiger partial charge in [-0.3, -0.25) is 0 Å². The van der Waals surface area contributed by atoms with Gasteiger partial charge in [0, 0.05) is 12.5 Å². The lowest BCUT2D eigenvalue weighted by atomic mass is 10.1. The molecule has 0 saturated carbocycles. The van der Waals surface area contributed by atoms with Crippen molar-refractivity contribution >= 4 is 0 Å². The zero-order valence-corrected chi connectivity index (χ0v) is 11.7. The van der Waals surface area contributed by atoms with Gasteiger partial charge >= 0.3 is 6.18 Å². The maximum Gasteiger partial charge on any atom is 0.411 e. The number of ether oxygens (including phenoxy) is 2. The fourth-order valence-electron chi connectivity index (χ4n) is 1.65. The lowest BCUT2D eigenvalue weighted by Crippen LogP contribution is -2.18. The van der Waals surface area contributed by atoms with Crippen LogP contribution in [0.4, 0.5) is 13.2 Å². The summed E-state index contributed by atoms with van der Waals surface area (Å²) < 4.78 is 45.5. The summed E-state index contributed by atoms with van der Waals surface area (Å²) in [5, 5.41) is 0. The monoisotopic (exact) mass is 291 g/mol. The van der Waals surface area contributed by atoms with E-state index in [9.17, 15) is 13.2 Å². The van der Waals surface area contributed by atoms with Gasteiger partial charge < -0.3 is 15.2 Å². The van der Waals surface area contributed by atoms with E-state index in [4.69, 9.17) is 10.5 Å². The lowest BCUT2D eigenvalue weighted by molar-refractivity contribution is -0.174. The van der Waals surface area contributed by atoms with Crippen molar-refractivity contribution in [2.75, 3.05) is 19.8 Å². The van der Waals surface area contributed by atoms with Crippen molar-refractivity contribution in [1.29, 1.82) is 0 Å². The van der Waals surface area contributed by atoms with Crippen LogP contribution in [0.5, 0.6) is 5.75 Å². The highest BCUT2D eigenvalue weighted by Gasteiger charge is 2.27. The van der Waals surface area contributed by atoms with Crippen molar-refractivity contribution in [3.63, 3.8) is 0 Å². The minimum absolute atomic E-state index is 0.0243. The molecule has 1 aromatic carbocycles. The molecular formula is C14H20F3NO2. The number of alkyl halides is 3.